The van der Waals surface area contributed by atoms with Gasteiger partial charge in [-0.3, -0.25) is 18.7 Å². The summed E-state index contributed by atoms with van der Waals surface area (Å²) in [6, 6.07) is 18.7. The largest absolute Gasteiger partial charge is 0.326 e. The molecule has 0 radical (unpaired) electrons. The highest BCUT2D eigenvalue weighted by Crippen LogP contribution is 2.30. The molecule has 4 aromatic rings. The molecule has 0 heterocycles. The van der Waals surface area contributed by atoms with Crippen LogP contribution in [0, 0.1) is 0 Å². The number of hydrogen-bond acceptors (Lipinski definition) is 6. The summed E-state index contributed by atoms with van der Waals surface area (Å²) in [6.07, 6.45) is 0. The van der Waals surface area contributed by atoms with E-state index in [0.717, 1.165) is 0 Å². The van der Waals surface area contributed by atoms with E-state index < -0.39 is 20.2 Å². The minimum absolute atomic E-state index is 0.174. The van der Waals surface area contributed by atoms with Crippen molar-refractivity contribution in [1.29, 1.82) is 0 Å². The minimum atomic E-state index is -4.29. The summed E-state index contributed by atoms with van der Waals surface area (Å²) in [7, 11) is -8.57. The molecule has 0 aliphatic carbocycles. The van der Waals surface area contributed by atoms with Crippen molar-refractivity contribution in [2.24, 2.45) is 0 Å². The zero-order valence-corrected chi connectivity index (χ0v) is 20.7. The smallest absolute Gasteiger partial charge is 0.295 e. The standard InChI is InChI=1S/2C12H11NO4S/c2*1-8(14)13-11-6-7-12(18(15,16)17)10-5-3-2-4-9(10)11/h2*2-7H,1H3,(H,13,14)(H,15,16,17). The lowest BCUT2D eigenvalue weighted by atomic mass is 10.1. The number of nitrogens with one attached hydrogen (secondary N) is 2. The fourth-order valence-electron chi connectivity index (χ4n) is 3.59. The maximum atomic E-state index is 11.2. The summed E-state index contributed by atoms with van der Waals surface area (Å²) in [5, 5.41) is 7.07. The van der Waals surface area contributed by atoms with Crippen LogP contribution in [0.4, 0.5) is 11.4 Å². The summed E-state index contributed by atoms with van der Waals surface area (Å²) >= 11 is 0. The van der Waals surface area contributed by atoms with Gasteiger partial charge in [0.15, 0.2) is 0 Å². The van der Waals surface area contributed by atoms with E-state index in [9.17, 15) is 26.4 Å². The van der Waals surface area contributed by atoms with Gasteiger partial charge in [-0.05, 0) is 24.3 Å². The number of carbonyl (C=O) groups is 2. The van der Waals surface area contributed by atoms with Gasteiger partial charge in [-0.25, -0.2) is 0 Å². The second kappa shape index (κ2) is 10.4. The van der Waals surface area contributed by atoms with Crippen LogP contribution in [-0.2, 0) is 29.8 Å². The van der Waals surface area contributed by atoms with Crippen LogP contribution in [-0.4, -0.2) is 37.8 Å². The van der Waals surface area contributed by atoms with Crippen LogP contribution in [0.1, 0.15) is 13.8 Å². The van der Waals surface area contributed by atoms with Crippen LogP contribution >= 0.6 is 0 Å². The highest BCUT2D eigenvalue weighted by atomic mass is 32.2. The first kappa shape index (κ1) is 26.8. The van der Waals surface area contributed by atoms with Gasteiger partial charge in [-0.1, -0.05) is 48.5 Å². The topological polar surface area (TPSA) is 167 Å². The Morgan fingerprint density at radius 2 is 0.861 bits per heavy atom. The molecule has 0 spiro atoms. The van der Waals surface area contributed by atoms with E-state index in [2.05, 4.69) is 10.6 Å². The Morgan fingerprint density at radius 3 is 1.14 bits per heavy atom. The van der Waals surface area contributed by atoms with Crippen molar-refractivity contribution in [3.05, 3.63) is 72.8 Å². The van der Waals surface area contributed by atoms with E-state index in [4.69, 9.17) is 9.11 Å². The number of hydrogen-bond donors (Lipinski definition) is 4. The number of fused-ring (bicyclic) bond motifs is 2. The first-order chi connectivity index (χ1) is 16.8. The van der Waals surface area contributed by atoms with Gasteiger partial charge >= 0.3 is 0 Å². The molecule has 0 aliphatic rings. The van der Waals surface area contributed by atoms with Crippen molar-refractivity contribution in [2.45, 2.75) is 23.6 Å². The molecule has 2 amide bonds. The van der Waals surface area contributed by atoms with Gasteiger partial charge in [0, 0.05) is 46.8 Å². The van der Waals surface area contributed by atoms with E-state index in [1.54, 1.807) is 48.5 Å². The number of amides is 2. The second-order valence-electron chi connectivity index (χ2n) is 7.63. The Labute approximate surface area is 207 Å². The highest BCUT2D eigenvalue weighted by Gasteiger charge is 2.16. The van der Waals surface area contributed by atoms with Crippen LogP contribution in [0.3, 0.4) is 0 Å². The van der Waals surface area contributed by atoms with E-state index in [1.165, 1.54) is 38.1 Å². The Balaban J connectivity index is 0.000000201. The first-order valence-electron chi connectivity index (χ1n) is 10.3. The number of rotatable bonds is 4. The molecule has 4 rings (SSSR count). The third-order valence-corrected chi connectivity index (χ3v) is 6.77. The number of anilines is 2. The van der Waals surface area contributed by atoms with Crippen LogP contribution in [0.2, 0.25) is 0 Å². The fourth-order valence-corrected chi connectivity index (χ4v) is 4.98. The second-order valence-corrected chi connectivity index (χ2v) is 10.4. The quantitative estimate of drug-likeness (QED) is 0.286. The molecular weight excluding hydrogens is 508 g/mol. The maximum Gasteiger partial charge on any atom is 0.295 e. The number of benzene rings is 4. The predicted octanol–water partition coefficient (Wildman–Crippen LogP) is 4.09. The van der Waals surface area contributed by atoms with E-state index in [0.29, 0.717) is 32.9 Å². The van der Waals surface area contributed by atoms with Gasteiger partial charge in [0.1, 0.15) is 9.79 Å². The molecule has 4 N–H and O–H groups in total. The van der Waals surface area contributed by atoms with Crippen molar-refractivity contribution < 1.29 is 35.5 Å². The third kappa shape index (κ3) is 6.23. The SMILES string of the molecule is CC(=O)Nc1ccc(S(=O)(=O)O)c2ccccc12.CC(=O)Nc1ccc(S(=O)(=O)O)c2ccccc12. The molecule has 0 saturated heterocycles. The first-order valence-corrected chi connectivity index (χ1v) is 13.2. The molecule has 0 saturated carbocycles. The lowest BCUT2D eigenvalue weighted by molar-refractivity contribution is -0.115. The van der Waals surface area contributed by atoms with Gasteiger partial charge in [-0.15, -0.1) is 0 Å². The molecule has 0 bridgehead atoms. The Morgan fingerprint density at radius 1 is 0.556 bits per heavy atom. The lowest BCUT2D eigenvalue weighted by Gasteiger charge is -2.09. The Hall–Kier alpha value is -3.84. The van der Waals surface area contributed by atoms with Gasteiger partial charge < -0.3 is 10.6 Å². The molecule has 0 fully saturated rings. The van der Waals surface area contributed by atoms with Crippen LogP contribution in [0.5, 0.6) is 0 Å². The summed E-state index contributed by atoms with van der Waals surface area (Å²) in [6.45, 7) is 2.73. The summed E-state index contributed by atoms with van der Waals surface area (Å²) in [5.41, 5.74) is 1.01. The van der Waals surface area contributed by atoms with Gasteiger partial charge in [0.2, 0.25) is 11.8 Å². The highest BCUT2D eigenvalue weighted by molar-refractivity contribution is 7.86. The van der Waals surface area contributed by atoms with E-state index in [1.807, 2.05) is 0 Å². The van der Waals surface area contributed by atoms with Crippen molar-refractivity contribution >= 4 is 65.0 Å². The molecule has 12 heteroatoms. The normalized spacial score (nSPS) is 11.4. The van der Waals surface area contributed by atoms with Crippen LogP contribution < -0.4 is 10.6 Å². The monoisotopic (exact) mass is 530 g/mol. The van der Waals surface area contributed by atoms with Gasteiger partial charge in [-0.2, -0.15) is 16.8 Å². The third-order valence-electron chi connectivity index (χ3n) is 4.95. The summed E-state index contributed by atoms with van der Waals surface area (Å²) in [4.78, 5) is 21.8. The zero-order chi connectivity index (χ0) is 26.7. The Kier molecular flexibility index (Phi) is 7.74. The Bertz CT molecular complexity index is 1570. The van der Waals surface area contributed by atoms with Gasteiger partial charge in [0.05, 0.1) is 0 Å². The molecule has 188 valence electrons. The van der Waals surface area contributed by atoms with Crippen LogP contribution in [0.25, 0.3) is 21.5 Å². The average Bonchev–Trinajstić information content (AvgIpc) is 2.77. The predicted molar refractivity (Wildman–Crippen MR) is 136 cm³/mol. The van der Waals surface area contributed by atoms with E-state index in [-0.39, 0.29) is 21.6 Å². The molecule has 10 nitrogen and oxygen atoms in total. The summed E-state index contributed by atoms with van der Waals surface area (Å²) in [5.74, 6) is -0.500. The zero-order valence-electron chi connectivity index (χ0n) is 19.1. The number of carbonyl (C=O) groups excluding carboxylic acids is 2. The molecule has 36 heavy (non-hydrogen) atoms. The molecule has 4 aromatic carbocycles. The summed E-state index contributed by atoms with van der Waals surface area (Å²) < 4.78 is 63.3. The van der Waals surface area contributed by atoms with Crippen molar-refractivity contribution in [3.8, 4) is 0 Å². The van der Waals surface area contributed by atoms with Crippen molar-refractivity contribution in [2.75, 3.05) is 10.6 Å². The average molecular weight is 531 g/mol. The maximum absolute atomic E-state index is 11.2. The molecule has 0 aromatic heterocycles. The minimum Gasteiger partial charge on any atom is -0.326 e. The van der Waals surface area contributed by atoms with Crippen molar-refractivity contribution in [3.63, 3.8) is 0 Å². The van der Waals surface area contributed by atoms with Crippen molar-refractivity contribution in [1.82, 2.24) is 0 Å². The van der Waals surface area contributed by atoms with E-state index >= 15 is 0 Å². The lowest BCUT2D eigenvalue weighted by Crippen LogP contribution is -2.07. The van der Waals surface area contributed by atoms with Crippen LogP contribution in [0.15, 0.2) is 82.6 Å². The fraction of sp³-hybridized carbons (Fsp3) is 0.0833. The molecule has 0 aliphatic heterocycles. The molecule has 0 unspecified atom stereocenters. The molecular formula is C24H22N2O8S2. The van der Waals surface area contributed by atoms with Gasteiger partial charge in [0.25, 0.3) is 20.2 Å². The molecule has 0 atom stereocenters.